The highest BCUT2D eigenvalue weighted by Crippen LogP contribution is 2.25. The van der Waals surface area contributed by atoms with Gasteiger partial charge in [-0.15, -0.1) is 0 Å². The van der Waals surface area contributed by atoms with Crippen molar-refractivity contribution in [2.45, 2.75) is 32.7 Å². The lowest BCUT2D eigenvalue weighted by Gasteiger charge is -2.20. The smallest absolute Gasteiger partial charge is 0.119 e. The fourth-order valence-corrected chi connectivity index (χ4v) is 1.85. The van der Waals surface area contributed by atoms with E-state index < -0.39 is 0 Å². The van der Waals surface area contributed by atoms with Crippen LogP contribution in [0.5, 0.6) is 5.75 Å². The molecule has 2 heteroatoms. The summed E-state index contributed by atoms with van der Waals surface area (Å²) in [4.78, 5) is 0. The molecule has 2 unspecified atom stereocenters. The summed E-state index contributed by atoms with van der Waals surface area (Å²) in [5.41, 5.74) is 1.31. The van der Waals surface area contributed by atoms with Crippen molar-refractivity contribution in [2.75, 3.05) is 14.2 Å². The minimum atomic E-state index is 0.421. The van der Waals surface area contributed by atoms with E-state index in [1.165, 1.54) is 18.4 Å². The van der Waals surface area contributed by atoms with Crippen LogP contribution in [0.25, 0.3) is 0 Å². The zero-order valence-electron chi connectivity index (χ0n) is 10.8. The van der Waals surface area contributed by atoms with Gasteiger partial charge in [-0.3, -0.25) is 0 Å². The van der Waals surface area contributed by atoms with Crippen molar-refractivity contribution in [3.05, 3.63) is 29.8 Å². The highest BCUT2D eigenvalue weighted by Gasteiger charge is 2.12. The molecule has 1 rings (SSSR count). The minimum Gasteiger partial charge on any atom is -0.497 e. The van der Waals surface area contributed by atoms with Gasteiger partial charge in [0.1, 0.15) is 5.75 Å². The van der Waals surface area contributed by atoms with Crippen molar-refractivity contribution < 1.29 is 4.74 Å². The maximum absolute atomic E-state index is 5.25. The Hall–Kier alpha value is -1.02. The summed E-state index contributed by atoms with van der Waals surface area (Å²) in [6.07, 6.45) is 2.39. The van der Waals surface area contributed by atoms with Crippen molar-refractivity contribution in [1.29, 1.82) is 0 Å². The Labute approximate surface area is 99.0 Å². The quantitative estimate of drug-likeness (QED) is 0.795. The van der Waals surface area contributed by atoms with E-state index in [9.17, 15) is 0 Å². The maximum atomic E-state index is 5.25. The molecule has 2 atom stereocenters. The van der Waals surface area contributed by atoms with Gasteiger partial charge < -0.3 is 10.1 Å². The number of hydrogen-bond acceptors (Lipinski definition) is 2. The number of nitrogens with one attached hydrogen (secondary N) is 1. The highest BCUT2D eigenvalue weighted by molar-refractivity contribution is 5.30. The Balaban J connectivity index is 2.77. The van der Waals surface area contributed by atoms with E-state index in [4.69, 9.17) is 4.74 Å². The summed E-state index contributed by atoms with van der Waals surface area (Å²) >= 11 is 0. The summed E-state index contributed by atoms with van der Waals surface area (Å²) in [7, 11) is 3.73. The standard InChI is InChI=1S/C14H23NO/c1-5-11(2)9-14(15-3)12-7-6-8-13(10-12)16-4/h6-8,10-11,14-15H,5,9H2,1-4H3. The van der Waals surface area contributed by atoms with Gasteiger partial charge in [0.15, 0.2) is 0 Å². The number of benzene rings is 1. The van der Waals surface area contributed by atoms with Crippen LogP contribution in [0.3, 0.4) is 0 Å². The Kier molecular flexibility index (Phi) is 5.33. The Morgan fingerprint density at radius 1 is 1.38 bits per heavy atom. The van der Waals surface area contributed by atoms with Crippen LogP contribution < -0.4 is 10.1 Å². The van der Waals surface area contributed by atoms with Gasteiger partial charge >= 0.3 is 0 Å². The molecule has 1 N–H and O–H groups in total. The van der Waals surface area contributed by atoms with E-state index in [2.05, 4.69) is 37.4 Å². The first-order valence-electron chi connectivity index (χ1n) is 6.02. The topological polar surface area (TPSA) is 21.3 Å². The molecule has 0 spiro atoms. The first-order valence-corrected chi connectivity index (χ1v) is 6.02. The second kappa shape index (κ2) is 6.54. The van der Waals surface area contributed by atoms with Gasteiger partial charge in [0, 0.05) is 6.04 Å². The van der Waals surface area contributed by atoms with Crippen molar-refractivity contribution in [3.8, 4) is 5.75 Å². The van der Waals surface area contributed by atoms with E-state index >= 15 is 0 Å². The van der Waals surface area contributed by atoms with Crippen molar-refractivity contribution in [1.82, 2.24) is 5.32 Å². The number of methoxy groups -OCH3 is 1. The highest BCUT2D eigenvalue weighted by atomic mass is 16.5. The van der Waals surface area contributed by atoms with Crippen LogP contribution in [-0.4, -0.2) is 14.2 Å². The summed E-state index contributed by atoms with van der Waals surface area (Å²) < 4.78 is 5.25. The molecule has 0 bridgehead atoms. The number of hydrogen-bond donors (Lipinski definition) is 1. The molecule has 0 radical (unpaired) electrons. The van der Waals surface area contributed by atoms with Crippen molar-refractivity contribution in [2.24, 2.45) is 5.92 Å². The average Bonchev–Trinajstić information content (AvgIpc) is 2.35. The minimum absolute atomic E-state index is 0.421. The maximum Gasteiger partial charge on any atom is 0.119 e. The van der Waals surface area contributed by atoms with Crippen molar-refractivity contribution in [3.63, 3.8) is 0 Å². The van der Waals surface area contributed by atoms with Gasteiger partial charge in [0.05, 0.1) is 7.11 Å². The van der Waals surface area contributed by atoms with E-state index in [1.54, 1.807) is 7.11 Å². The Bertz CT molecular complexity index is 311. The zero-order valence-corrected chi connectivity index (χ0v) is 10.8. The largest absolute Gasteiger partial charge is 0.497 e. The molecule has 16 heavy (non-hydrogen) atoms. The molecule has 0 aliphatic carbocycles. The third-order valence-corrected chi connectivity index (χ3v) is 3.18. The van der Waals surface area contributed by atoms with E-state index in [0.717, 1.165) is 11.7 Å². The second-order valence-electron chi connectivity index (χ2n) is 4.37. The third kappa shape index (κ3) is 3.53. The molecular weight excluding hydrogens is 198 g/mol. The summed E-state index contributed by atoms with van der Waals surface area (Å²) in [5.74, 6) is 1.67. The molecule has 0 amide bonds. The Morgan fingerprint density at radius 2 is 2.12 bits per heavy atom. The first-order chi connectivity index (χ1) is 7.71. The lowest BCUT2D eigenvalue weighted by Crippen LogP contribution is -2.18. The summed E-state index contributed by atoms with van der Waals surface area (Å²) in [6, 6.07) is 8.73. The molecule has 0 saturated heterocycles. The molecule has 0 aromatic heterocycles. The molecule has 90 valence electrons. The van der Waals surface area contributed by atoms with Crippen LogP contribution in [-0.2, 0) is 0 Å². The molecule has 0 aliphatic heterocycles. The Morgan fingerprint density at radius 3 is 2.69 bits per heavy atom. The van der Waals surface area contributed by atoms with Crippen LogP contribution in [0.2, 0.25) is 0 Å². The predicted octanol–water partition coefficient (Wildman–Crippen LogP) is 3.39. The van der Waals surface area contributed by atoms with Gasteiger partial charge in [-0.05, 0) is 37.1 Å². The van der Waals surface area contributed by atoms with Gasteiger partial charge in [0.25, 0.3) is 0 Å². The molecule has 1 aromatic carbocycles. The lowest BCUT2D eigenvalue weighted by molar-refractivity contribution is 0.405. The van der Waals surface area contributed by atoms with E-state index in [1.807, 2.05) is 13.1 Å². The first kappa shape index (κ1) is 13.0. The van der Waals surface area contributed by atoms with Crippen LogP contribution in [0.1, 0.15) is 38.3 Å². The van der Waals surface area contributed by atoms with E-state index in [-0.39, 0.29) is 0 Å². The fraction of sp³-hybridized carbons (Fsp3) is 0.571. The number of ether oxygens (including phenoxy) is 1. The molecule has 0 aliphatic rings. The second-order valence-corrected chi connectivity index (χ2v) is 4.37. The summed E-state index contributed by atoms with van der Waals surface area (Å²) in [6.45, 7) is 4.54. The van der Waals surface area contributed by atoms with E-state index in [0.29, 0.717) is 6.04 Å². The van der Waals surface area contributed by atoms with Crippen LogP contribution in [0.4, 0.5) is 0 Å². The van der Waals surface area contributed by atoms with Crippen LogP contribution >= 0.6 is 0 Å². The van der Waals surface area contributed by atoms with Gasteiger partial charge in [0.2, 0.25) is 0 Å². The SMILES string of the molecule is CCC(C)CC(NC)c1cccc(OC)c1. The summed E-state index contributed by atoms with van der Waals surface area (Å²) in [5, 5.41) is 3.38. The van der Waals surface area contributed by atoms with Gasteiger partial charge in [-0.1, -0.05) is 32.4 Å². The monoisotopic (exact) mass is 221 g/mol. The average molecular weight is 221 g/mol. The lowest BCUT2D eigenvalue weighted by atomic mass is 9.94. The predicted molar refractivity (Wildman–Crippen MR) is 68.9 cm³/mol. The van der Waals surface area contributed by atoms with Crippen LogP contribution in [0.15, 0.2) is 24.3 Å². The molecule has 2 nitrogen and oxygen atoms in total. The fourth-order valence-electron chi connectivity index (χ4n) is 1.85. The zero-order chi connectivity index (χ0) is 12.0. The molecule has 1 aromatic rings. The number of rotatable bonds is 6. The van der Waals surface area contributed by atoms with Gasteiger partial charge in [-0.25, -0.2) is 0 Å². The molecular formula is C14H23NO. The van der Waals surface area contributed by atoms with Crippen molar-refractivity contribution >= 4 is 0 Å². The van der Waals surface area contributed by atoms with Crippen LogP contribution in [0, 0.1) is 5.92 Å². The molecule has 0 fully saturated rings. The molecule has 0 saturated carbocycles. The molecule has 0 heterocycles. The van der Waals surface area contributed by atoms with Gasteiger partial charge in [-0.2, -0.15) is 0 Å². The third-order valence-electron chi connectivity index (χ3n) is 3.18. The normalized spacial score (nSPS) is 14.5.